The van der Waals surface area contributed by atoms with Gasteiger partial charge in [-0.05, 0) is 30.9 Å². The predicted octanol–water partition coefficient (Wildman–Crippen LogP) is 1.33. The number of hydrogen-bond donors (Lipinski definition) is 1. The molecule has 2 N–H and O–H groups in total. The number of anilines is 1. The number of nitrogens with zero attached hydrogens (tertiary/aromatic N) is 1. The monoisotopic (exact) mass is 248 g/mol. The molecular weight excluding hydrogens is 228 g/mol. The molecular formula is C14H20N2O2. The fourth-order valence-electron chi connectivity index (χ4n) is 2.41. The molecule has 0 spiro atoms. The average Bonchev–Trinajstić information content (AvgIpc) is 2.43. The highest BCUT2D eigenvalue weighted by atomic mass is 16.5. The van der Waals surface area contributed by atoms with Gasteiger partial charge in [0, 0.05) is 18.8 Å². The molecule has 4 nitrogen and oxygen atoms in total. The Morgan fingerprint density at radius 3 is 3.06 bits per heavy atom. The number of hydrogen-bond acceptors (Lipinski definition) is 4. The molecule has 4 heteroatoms. The van der Waals surface area contributed by atoms with Crippen molar-refractivity contribution in [1.29, 1.82) is 0 Å². The molecule has 0 saturated carbocycles. The van der Waals surface area contributed by atoms with Gasteiger partial charge < -0.3 is 15.4 Å². The number of ether oxygens (including phenoxy) is 1. The number of aryl methyl sites for hydroxylation is 1. The standard InChI is InChI=1S/C14H20N2O2/c1-18-14(17)12(15)8-10-16-9-4-6-11-5-2-3-7-13(11)16/h2-3,5,7,12H,4,6,8-10,15H2,1H3. The van der Waals surface area contributed by atoms with Crippen LogP contribution in [0, 0.1) is 0 Å². The molecule has 0 radical (unpaired) electrons. The first kappa shape index (κ1) is 12.9. The van der Waals surface area contributed by atoms with Crippen LogP contribution in [0.4, 0.5) is 5.69 Å². The molecule has 2 rings (SSSR count). The van der Waals surface area contributed by atoms with Crippen molar-refractivity contribution in [3.63, 3.8) is 0 Å². The Morgan fingerprint density at radius 2 is 2.28 bits per heavy atom. The summed E-state index contributed by atoms with van der Waals surface area (Å²) in [6, 6.07) is 7.91. The summed E-state index contributed by atoms with van der Waals surface area (Å²) in [5.74, 6) is -0.333. The fourth-order valence-corrected chi connectivity index (χ4v) is 2.41. The van der Waals surface area contributed by atoms with Gasteiger partial charge in [-0.2, -0.15) is 0 Å². The highest BCUT2D eigenvalue weighted by molar-refractivity contribution is 5.75. The Labute approximate surface area is 108 Å². The molecule has 0 bridgehead atoms. The number of carbonyl (C=O) groups is 1. The summed E-state index contributed by atoms with van der Waals surface area (Å²) < 4.78 is 4.64. The van der Waals surface area contributed by atoms with Crippen LogP contribution in [0.3, 0.4) is 0 Å². The maximum absolute atomic E-state index is 11.3. The molecule has 1 heterocycles. The lowest BCUT2D eigenvalue weighted by Gasteiger charge is -2.31. The largest absolute Gasteiger partial charge is 0.468 e. The third kappa shape index (κ3) is 2.82. The number of methoxy groups -OCH3 is 1. The van der Waals surface area contributed by atoms with Crippen molar-refractivity contribution < 1.29 is 9.53 Å². The van der Waals surface area contributed by atoms with Crippen LogP contribution in [0.25, 0.3) is 0 Å². The van der Waals surface area contributed by atoms with Crippen LogP contribution in [0.1, 0.15) is 18.4 Å². The van der Waals surface area contributed by atoms with E-state index in [9.17, 15) is 4.79 Å². The summed E-state index contributed by atoms with van der Waals surface area (Å²) in [7, 11) is 1.37. The average molecular weight is 248 g/mol. The molecule has 1 aliphatic heterocycles. The lowest BCUT2D eigenvalue weighted by molar-refractivity contribution is -0.142. The number of rotatable bonds is 4. The second-order valence-electron chi connectivity index (χ2n) is 4.64. The molecule has 0 aromatic heterocycles. The quantitative estimate of drug-likeness (QED) is 0.817. The summed E-state index contributed by atoms with van der Waals surface area (Å²) in [5.41, 5.74) is 8.43. The molecule has 0 saturated heterocycles. The van der Waals surface area contributed by atoms with Crippen LogP contribution in [0.5, 0.6) is 0 Å². The molecule has 0 aliphatic carbocycles. The molecule has 1 atom stereocenters. The van der Waals surface area contributed by atoms with Gasteiger partial charge in [0.1, 0.15) is 6.04 Å². The fraction of sp³-hybridized carbons (Fsp3) is 0.500. The van der Waals surface area contributed by atoms with Gasteiger partial charge in [-0.1, -0.05) is 18.2 Å². The minimum absolute atomic E-state index is 0.333. The Morgan fingerprint density at radius 1 is 1.50 bits per heavy atom. The summed E-state index contributed by atoms with van der Waals surface area (Å²) in [6.45, 7) is 1.83. The molecule has 1 unspecified atom stereocenters. The van der Waals surface area contributed by atoms with E-state index in [0.717, 1.165) is 25.9 Å². The van der Waals surface area contributed by atoms with E-state index >= 15 is 0 Å². The second-order valence-corrected chi connectivity index (χ2v) is 4.64. The van der Waals surface area contributed by atoms with Crippen molar-refractivity contribution in [2.45, 2.75) is 25.3 Å². The molecule has 0 amide bonds. The lowest BCUT2D eigenvalue weighted by atomic mass is 10.0. The van der Waals surface area contributed by atoms with Crippen molar-refractivity contribution in [1.82, 2.24) is 0 Å². The molecule has 1 aromatic rings. The maximum Gasteiger partial charge on any atom is 0.322 e. The number of para-hydroxylation sites is 1. The Hall–Kier alpha value is -1.55. The van der Waals surface area contributed by atoms with Gasteiger partial charge in [0.05, 0.1) is 7.11 Å². The summed E-state index contributed by atoms with van der Waals surface area (Å²) in [5, 5.41) is 0. The first-order valence-electron chi connectivity index (χ1n) is 6.38. The minimum Gasteiger partial charge on any atom is -0.468 e. The predicted molar refractivity (Wildman–Crippen MR) is 71.6 cm³/mol. The molecule has 1 aromatic carbocycles. The first-order chi connectivity index (χ1) is 8.72. The van der Waals surface area contributed by atoms with Crippen molar-refractivity contribution >= 4 is 11.7 Å². The minimum atomic E-state index is -0.524. The first-order valence-corrected chi connectivity index (χ1v) is 6.38. The maximum atomic E-state index is 11.3. The van der Waals surface area contributed by atoms with Crippen molar-refractivity contribution in [2.24, 2.45) is 5.73 Å². The van der Waals surface area contributed by atoms with Crippen LogP contribution >= 0.6 is 0 Å². The van der Waals surface area contributed by atoms with Gasteiger partial charge >= 0.3 is 5.97 Å². The van der Waals surface area contributed by atoms with E-state index in [1.807, 2.05) is 0 Å². The van der Waals surface area contributed by atoms with Gasteiger partial charge in [0.2, 0.25) is 0 Å². The van der Waals surface area contributed by atoms with E-state index in [1.54, 1.807) is 0 Å². The van der Waals surface area contributed by atoms with E-state index in [1.165, 1.54) is 18.4 Å². The van der Waals surface area contributed by atoms with Crippen molar-refractivity contribution in [2.75, 3.05) is 25.1 Å². The zero-order chi connectivity index (χ0) is 13.0. The van der Waals surface area contributed by atoms with Crippen LogP contribution in [-0.2, 0) is 16.0 Å². The molecule has 1 aliphatic rings. The van der Waals surface area contributed by atoms with E-state index in [0.29, 0.717) is 6.42 Å². The van der Waals surface area contributed by atoms with E-state index in [2.05, 4.69) is 33.9 Å². The van der Waals surface area contributed by atoms with Crippen LogP contribution in [-0.4, -0.2) is 32.2 Å². The SMILES string of the molecule is COC(=O)C(N)CCN1CCCc2ccccc21. The van der Waals surface area contributed by atoms with E-state index < -0.39 is 6.04 Å². The normalized spacial score (nSPS) is 16.0. The molecule has 98 valence electrons. The number of carbonyl (C=O) groups excluding carboxylic acids is 1. The highest BCUT2D eigenvalue weighted by Crippen LogP contribution is 2.26. The Kier molecular flexibility index (Phi) is 4.20. The van der Waals surface area contributed by atoms with E-state index in [4.69, 9.17) is 5.73 Å². The summed E-state index contributed by atoms with van der Waals surface area (Å²) in [6.07, 6.45) is 2.92. The molecule has 18 heavy (non-hydrogen) atoms. The van der Waals surface area contributed by atoms with Gasteiger partial charge in [-0.25, -0.2) is 0 Å². The van der Waals surface area contributed by atoms with Crippen molar-refractivity contribution in [3.8, 4) is 0 Å². The van der Waals surface area contributed by atoms with Gasteiger partial charge in [0.15, 0.2) is 0 Å². The van der Waals surface area contributed by atoms with Crippen molar-refractivity contribution in [3.05, 3.63) is 29.8 Å². The Bertz CT molecular complexity index is 420. The number of nitrogens with two attached hydrogens (primary N) is 1. The number of esters is 1. The third-order valence-electron chi connectivity index (χ3n) is 3.42. The lowest BCUT2D eigenvalue weighted by Crippen LogP contribution is -2.38. The third-order valence-corrected chi connectivity index (χ3v) is 3.42. The molecule has 0 fully saturated rings. The van der Waals surface area contributed by atoms with Gasteiger partial charge in [-0.15, -0.1) is 0 Å². The smallest absolute Gasteiger partial charge is 0.322 e. The van der Waals surface area contributed by atoms with Gasteiger partial charge in [0.25, 0.3) is 0 Å². The summed E-state index contributed by atoms with van der Waals surface area (Å²) in [4.78, 5) is 13.6. The Balaban J connectivity index is 1.97. The zero-order valence-corrected chi connectivity index (χ0v) is 10.8. The zero-order valence-electron chi connectivity index (χ0n) is 10.8. The summed E-state index contributed by atoms with van der Waals surface area (Å²) >= 11 is 0. The highest BCUT2D eigenvalue weighted by Gasteiger charge is 2.19. The number of benzene rings is 1. The van der Waals surface area contributed by atoms with E-state index in [-0.39, 0.29) is 5.97 Å². The topological polar surface area (TPSA) is 55.6 Å². The second kappa shape index (κ2) is 5.87. The number of fused-ring (bicyclic) bond motifs is 1. The van der Waals surface area contributed by atoms with Crippen LogP contribution in [0.2, 0.25) is 0 Å². The van der Waals surface area contributed by atoms with Gasteiger partial charge in [-0.3, -0.25) is 4.79 Å². The van der Waals surface area contributed by atoms with Crippen LogP contribution in [0.15, 0.2) is 24.3 Å². The van der Waals surface area contributed by atoms with Crippen LogP contribution < -0.4 is 10.6 Å².